The van der Waals surface area contributed by atoms with Gasteiger partial charge in [-0.15, -0.1) is 35.3 Å². The van der Waals surface area contributed by atoms with Gasteiger partial charge in [0.25, 0.3) is 0 Å². The van der Waals surface area contributed by atoms with Gasteiger partial charge in [-0.25, -0.2) is 0 Å². The Morgan fingerprint density at radius 2 is 1.22 bits per heavy atom. The fourth-order valence-corrected chi connectivity index (χ4v) is 2.65. The van der Waals surface area contributed by atoms with E-state index in [1.807, 2.05) is 0 Å². The Labute approximate surface area is 67.8 Å². The molecule has 0 saturated heterocycles. The van der Waals surface area contributed by atoms with Crippen LogP contribution in [-0.4, -0.2) is 32.3 Å². The largest absolute Gasteiger partial charge is 0.386 e. The molecule has 0 aromatic rings. The Balaban J connectivity index is 2.60. The number of rotatable bonds is 6. The van der Waals surface area contributed by atoms with Crippen molar-refractivity contribution in [1.82, 2.24) is 0 Å². The second-order valence-electron chi connectivity index (χ2n) is 1.11. The molecule has 0 aliphatic heterocycles. The molecule has 0 atom stereocenters. The molecular formula is C4H10O2S3. The molecular weight excluding hydrogens is 176 g/mol. The second-order valence-corrected chi connectivity index (χ2v) is 4.73. The Kier molecular flexibility index (Phi) is 9.94. The van der Waals surface area contributed by atoms with E-state index in [1.165, 1.54) is 23.5 Å². The fraction of sp³-hybridized carbons (Fsp3) is 1.00. The van der Waals surface area contributed by atoms with Crippen molar-refractivity contribution in [3.05, 3.63) is 0 Å². The SMILES string of the molecule is OCSCSCSCO. The third kappa shape index (κ3) is 8.97. The van der Waals surface area contributed by atoms with Gasteiger partial charge in [-0.2, -0.15) is 0 Å². The Morgan fingerprint density at radius 1 is 0.778 bits per heavy atom. The maximum atomic E-state index is 8.32. The van der Waals surface area contributed by atoms with Gasteiger partial charge in [-0.1, -0.05) is 0 Å². The van der Waals surface area contributed by atoms with Crippen molar-refractivity contribution in [2.24, 2.45) is 0 Å². The summed E-state index contributed by atoms with van der Waals surface area (Å²) >= 11 is 4.67. The van der Waals surface area contributed by atoms with E-state index in [9.17, 15) is 0 Å². The van der Waals surface area contributed by atoms with Crippen molar-refractivity contribution in [1.29, 1.82) is 0 Å². The van der Waals surface area contributed by atoms with Crippen LogP contribution in [0.15, 0.2) is 0 Å². The van der Waals surface area contributed by atoms with Crippen molar-refractivity contribution < 1.29 is 10.2 Å². The molecule has 0 rings (SSSR count). The van der Waals surface area contributed by atoms with E-state index < -0.39 is 0 Å². The van der Waals surface area contributed by atoms with E-state index in [0.29, 0.717) is 0 Å². The highest BCUT2D eigenvalue weighted by Crippen LogP contribution is 2.15. The number of hydrogen-bond donors (Lipinski definition) is 2. The minimum atomic E-state index is 0.191. The zero-order chi connectivity index (χ0) is 6.95. The minimum Gasteiger partial charge on any atom is -0.386 e. The number of aliphatic hydroxyl groups excluding tert-OH is 2. The summed E-state index contributed by atoms with van der Waals surface area (Å²) in [7, 11) is 0. The molecule has 0 unspecified atom stereocenters. The maximum absolute atomic E-state index is 8.32. The highest BCUT2D eigenvalue weighted by Gasteiger charge is 1.86. The summed E-state index contributed by atoms with van der Waals surface area (Å²) in [4.78, 5) is 0. The molecule has 0 bridgehead atoms. The second kappa shape index (κ2) is 8.97. The van der Waals surface area contributed by atoms with Crippen LogP contribution in [0.1, 0.15) is 0 Å². The molecule has 0 saturated carbocycles. The summed E-state index contributed by atoms with van der Waals surface area (Å²) in [6.07, 6.45) is 0. The van der Waals surface area contributed by atoms with Crippen LogP contribution in [0.3, 0.4) is 0 Å². The monoisotopic (exact) mass is 186 g/mol. The van der Waals surface area contributed by atoms with Gasteiger partial charge in [-0.3, -0.25) is 0 Å². The van der Waals surface area contributed by atoms with Gasteiger partial charge in [-0.05, 0) is 0 Å². The lowest BCUT2D eigenvalue weighted by Crippen LogP contribution is -1.78. The molecule has 2 N–H and O–H groups in total. The molecule has 0 radical (unpaired) electrons. The van der Waals surface area contributed by atoms with E-state index in [4.69, 9.17) is 10.2 Å². The molecule has 0 fully saturated rings. The van der Waals surface area contributed by atoms with Crippen LogP contribution in [0, 0.1) is 0 Å². The quantitative estimate of drug-likeness (QED) is 0.478. The Morgan fingerprint density at radius 3 is 1.56 bits per heavy atom. The van der Waals surface area contributed by atoms with Gasteiger partial charge < -0.3 is 10.2 Å². The lowest BCUT2D eigenvalue weighted by Gasteiger charge is -1.95. The molecule has 56 valence electrons. The summed E-state index contributed by atoms with van der Waals surface area (Å²) in [5.74, 6) is 0.383. The molecule has 5 heteroatoms. The number of thioether (sulfide) groups is 3. The lowest BCUT2D eigenvalue weighted by molar-refractivity contribution is 0.375. The average Bonchev–Trinajstić information content (AvgIpc) is 1.89. The van der Waals surface area contributed by atoms with Gasteiger partial charge in [0.2, 0.25) is 0 Å². The van der Waals surface area contributed by atoms with Crippen molar-refractivity contribution >= 4 is 35.3 Å². The first-order valence-electron chi connectivity index (χ1n) is 2.36. The van der Waals surface area contributed by atoms with Crippen molar-refractivity contribution in [3.63, 3.8) is 0 Å². The lowest BCUT2D eigenvalue weighted by atomic mass is 11.7. The first-order chi connectivity index (χ1) is 4.41. The van der Waals surface area contributed by atoms with Gasteiger partial charge in [0, 0.05) is 10.2 Å². The predicted octanol–water partition coefficient (Wildman–Crippen LogP) is 1.00. The third-order valence-electron chi connectivity index (χ3n) is 0.516. The summed E-state index contributed by atoms with van der Waals surface area (Å²) < 4.78 is 0. The third-order valence-corrected chi connectivity index (χ3v) is 3.55. The summed E-state index contributed by atoms with van der Waals surface area (Å²) in [6, 6.07) is 0. The molecule has 0 aromatic heterocycles. The van der Waals surface area contributed by atoms with Crippen LogP contribution >= 0.6 is 35.3 Å². The number of hydrogen-bond acceptors (Lipinski definition) is 5. The Hall–Kier alpha value is 0.970. The Bertz CT molecular complexity index is 47.1. The first kappa shape index (κ1) is 9.97. The molecule has 0 heterocycles. The van der Waals surface area contributed by atoms with E-state index >= 15 is 0 Å². The van der Waals surface area contributed by atoms with E-state index in [0.717, 1.165) is 10.2 Å². The smallest absolute Gasteiger partial charge is 0.0894 e. The van der Waals surface area contributed by atoms with Crippen LogP contribution in [0.4, 0.5) is 0 Å². The van der Waals surface area contributed by atoms with E-state index in [1.54, 1.807) is 11.8 Å². The highest BCUT2D eigenvalue weighted by atomic mass is 32.2. The molecule has 0 aromatic carbocycles. The average molecular weight is 186 g/mol. The zero-order valence-corrected chi connectivity index (χ0v) is 7.40. The van der Waals surface area contributed by atoms with Crippen LogP contribution < -0.4 is 0 Å². The summed E-state index contributed by atoms with van der Waals surface area (Å²) in [6.45, 7) is 0. The fourth-order valence-electron chi connectivity index (χ4n) is 0.226. The summed E-state index contributed by atoms with van der Waals surface area (Å²) in [5, 5.41) is 18.4. The molecule has 2 nitrogen and oxygen atoms in total. The highest BCUT2D eigenvalue weighted by molar-refractivity contribution is 8.22. The maximum Gasteiger partial charge on any atom is 0.0894 e. The molecule has 0 aliphatic carbocycles. The first-order valence-corrected chi connectivity index (χ1v) is 5.83. The van der Waals surface area contributed by atoms with Crippen molar-refractivity contribution in [2.75, 3.05) is 22.0 Å². The molecule has 0 amide bonds. The van der Waals surface area contributed by atoms with Crippen LogP contribution in [0.5, 0.6) is 0 Å². The molecule has 9 heavy (non-hydrogen) atoms. The summed E-state index contributed by atoms with van der Waals surface area (Å²) in [5.41, 5.74) is 0. The molecule has 0 spiro atoms. The van der Waals surface area contributed by atoms with Crippen molar-refractivity contribution in [3.8, 4) is 0 Å². The normalized spacial score (nSPS) is 10.0. The van der Waals surface area contributed by atoms with Gasteiger partial charge in [0.1, 0.15) is 0 Å². The predicted molar refractivity (Wildman–Crippen MR) is 46.7 cm³/mol. The van der Waals surface area contributed by atoms with Gasteiger partial charge in [0.15, 0.2) is 0 Å². The van der Waals surface area contributed by atoms with Gasteiger partial charge >= 0.3 is 0 Å². The standard InChI is InChI=1S/C4H10O2S3/c5-1-7-3-9-4-8-2-6/h5-6H,1-4H2. The molecule has 0 aliphatic rings. The zero-order valence-electron chi connectivity index (χ0n) is 4.95. The number of aliphatic hydroxyl groups is 2. The van der Waals surface area contributed by atoms with Crippen LogP contribution in [0.25, 0.3) is 0 Å². The van der Waals surface area contributed by atoms with Crippen LogP contribution in [0.2, 0.25) is 0 Å². The minimum absolute atomic E-state index is 0.191. The van der Waals surface area contributed by atoms with E-state index in [-0.39, 0.29) is 11.9 Å². The topological polar surface area (TPSA) is 40.5 Å². The van der Waals surface area contributed by atoms with Gasteiger partial charge in [0.05, 0.1) is 11.9 Å². The van der Waals surface area contributed by atoms with E-state index in [2.05, 4.69) is 0 Å². The van der Waals surface area contributed by atoms with Crippen molar-refractivity contribution in [2.45, 2.75) is 0 Å². The van der Waals surface area contributed by atoms with Crippen LogP contribution in [-0.2, 0) is 0 Å².